The largest absolute Gasteiger partial charge is 0.345 e. The lowest BCUT2D eigenvalue weighted by molar-refractivity contribution is -0.113. The normalized spacial score (nSPS) is 10.6. The number of hydrogen-bond donors (Lipinski definition) is 2. The number of halogens is 2. The number of carbonyl (C=O) groups is 2. The Morgan fingerprint density at radius 2 is 1.97 bits per heavy atom. The van der Waals surface area contributed by atoms with E-state index in [4.69, 9.17) is 23.2 Å². The van der Waals surface area contributed by atoms with Crippen molar-refractivity contribution in [1.82, 2.24) is 20.1 Å². The zero-order valence-corrected chi connectivity index (χ0v) is 19.6. The van der Waals surface area contributed by atoms with Gasteiger partial charge in [-0.15, -0.1) is 16.8 Å². The maximum absolute atomic E-state index is 12.4. The van der Waals surface area contributed by atoms with Gasteiger partial charge in [0.05, 0.1) is 22.9 Å². The number of anilines is 1. The van der Waals surface area contributed by atoms with Gasteiger partial charge in [-0.25, -0.2) is 0 Å². The van der Waals surface area contributed by atoms with E-state index in [0.29, 0.717) is 38.8 Å². The molecule has 0 aliphatic heterocycles. The van der Waals surface area contributed by atoms with E-state index < -0.39 is 0 Å². The third kappa shape index (κ3) is 6.12. The van der Waals surface area contributed by atoms with Crippen molar-refractivity contribution < 1.29 is 9.59 Å². The smallest absolute Gasteiger partial charge is 0.253 e. The molecule has 32 heavy (non-hydrogen) atoms. The Hall–Kier alpha value is -2.81. The summed E-state index contributed by atoms with van der Waals surface area (Å²) in [7, 11) is 0. The minimum Gasteiger partial charge on any atom is -0.345 e. The van der Waals surface area contributed by atoms with Gasteiger partial charge in [0.2, 0.25) is 5.91 Å². The molecule has 2 amide bonds. The Balaban J connectivity index is 1.63. The first-order valence-corrected chi connectivity index (χ1v) is 11.4. The van der Waals surface area contributed by atoms with Gasteiger partial charge in [0.15, 0.2) is 11.0 Å². The number of amides is 2. The lowest BCUT2D eigenvalue weighted by atomic mass is 10.2. The minimum atomic E-state index is -0.311. The number of hydrogen-bond acceptors (Lipinski definition) is 5. The average molecular weight is 490 g/mol. The topological polar surface area (TPSA) is 88.9 Å². The quantitative estimate of drug-likeness (QED) is 0.334. The third-order valence-electron chi connectivity index (χ3n) is 4.44. The molecule has 2 aromatic carbocycles. The van der Waals surface area contributed by atoms with Crippen molar-refractivity contribution in [2.75, 3.05) is 11.1 Å². The molecule has 0 atom stereocenters. The number of aromatic nitrogens is 3. The van der Waals surface area contributed by atoms with Gasteiger partial charge in [0, 0.05) is 17.3 Å². The number of allylic oxidation sites excluding steroid dienone is 1. The van der Waals surface area contributed by atoms with E-state index in [9.17, 15) is 9.59 Å². The van der Waals surface area contributed by atoms with Crippen molar-refractivity contribution >= 4 is 52.5 Å². The van der Waals surface area contributed by atoms with Crippen molar-refractivity contribution in [1.29, 1.82) is 0 Å². The highest BCUT2D eigenvalue weighted by molar-refractivity contribution is 7.99. The van der Waals surface area contributed by atoms with Crippen LogP contribution < -0.4 is 10.6 Å². The molecule has 0 radical (unpaired) electrons. The van der Waals surface area contributed by atoms with E-state index in [1.807, 2.05) is 13.0 Å². The molecule has 1 heterocycles. The number of nitrogens with zero attached hydrogens (tertiary/aromatic N) is 3. The molecule has 3 rings (SSSR count). The second kappa shape index (κ2) is 11.2. The van der Waals surface area contributed by atoms with Gasteiger partial charge in [-0.2, -0.15) is 0 Å². The van der Waals surface area contributed by atoms with Crippen LogP contribution in [0.25, 0.3) is 0 Å². The molecular weight excluding hydrogens is 469 g/mol. The third-order valence-corrected chi connectivity index (χ3v) is 5.97. The molecule has 1 aromatic heterocycles. The highest BCUT2D eigenvalue weighted by atomic mass is 35.5. The standard InChI is InChI=1S/C22H21Cl2N5O2S/c1-3-10-29-19(12-25-21(31)16-6-4-5-7-17(16)24)27-28-22(29)32-13-20(30)26-18-11-15(23)9-8-14(18)2/h3-9,11H,1,10,12-13H2,2H3,(H,25,31)(H,26,30). The van der Waals surface area contributed by atoms with E-state index in [-0.39, 0.29) is 24.1 Å². The summed E-state index contributed by atoms with van der Waals surface area (Å²) in [5.74, 6) is 0.169. The van der Waals surface area contributed by atoms with Crippen LogP contribution >= 0.6 is 35.0 Å². The van der Waals surface area contributed by atoms with Crippen molar-refractivity contribution in [2.45, 2.75) is 25.2 Å². The summed E-state index contributed by atoms with van der Waals surface area (Å²) in [6.07, 6.45) is 1.70. The van der Waals surface area contributed by atoms with Crippen LogP contribution in [0.2, 0.25) is 10.0 Å². The molecule has 0 bridgehead atoms. The predicted molar refractivity (Wildman–Crippen MR) is 128 cm³/mol. The summed E-state index contributed by atoms with van der Waals surface area (Å²) in [4.78, 5) is 24.8. The maximum atomic E-state index is 12.4. The predicted octanol–water partition coefficient (Wildman–Crippen LogP) is 4.74. The monoisotopic (exact) mass is 489 g/mol. The van der Waals surface area contributed by atoms with Gasteiger partial charge >= 0.3 is 0 Å². The zero-order valence-electron chi connectivity index (χ0n) is 17.3. The lowest BCUT2D eigenvalue weighted by Gasteiger charge is -2.10. The van der Waals surface area contributed by atoms with Gasteiger partial charge in [0.25, 0.3) is 5.91 Å². The van der Waals surface area contributed by atoms with E-state index in [1.165, 1.54) is 11.8 Å². The molecule has 7 nitrogen and oxygen atoms in total. The van der Waals surface area contributed by atoms with Crippen LogP contribution in [-0.2, 0) is 17.9 Å². The fraction of sp³-hybridized carbons (Fsp3) is 0.182. The number of benzene rings is 2. The van der Waals surface area contributed by atoms with Crippen molar-refractivity contribution in [3.63, 3.8) is 0 Å². The Bertz CT molecular complexity index is 1150. The summed E-state index contributed by atoms with van der Waals surface area (Å²) in [5, 5.41) is 15.4. The number of carbonyl (C=O) groups excluding carboxylic acids is 2. The average Bonchev–Trinajstić information content (AvgIpc) is 3.15. The summed E-state index contributed by atoms with van der Waals surface area (Å²) < 4.78 is 1.79. The maximum Gasteiger partial charge on any atom is 0.253 e. The number of aryl methyl sites for hydroxylation is 1. The van der Waals surface area contributed by atoms with Gasteiger partial charge in [-0.1, -0.05) is 59.2 Å². The molecule has 2 N–H and O–H groups in total. The molecular formula is C22H21Cl2N5O2S. The SMILES string of the molecule is C=CCn1c(CNC(=O)c2ccccc2Cl)nnc1SCC(=O)Nc1cc(Cl)ccc1C. The highest BCUT2D eigenvalue weighted by Crippen LogP contribution is 2.22. The molecule has 0 spiro atoms. The number of rotatable bonds is 9. The van der Waals surface area contributed by atoms with Crippen molar-refractivity contribution in [3.05, 3.63) is 82.1 Å². The van der Waals surface area contributed by atoms with Crippen LogP contribution in [0.4, 0.5) is 5.69 Å². The molecule has 3 aromatic rings. The van der Waals surface area contributed by atoms with E-state index >= 15 is 0 Å². The molecule has 0 unspecified atom stereocenters. The first-order valence-electron chi connectivity index (χ1n) is 9.63. The lowest BCUT2D eigenvalue weighted by Crippen LogP contribution is -2.25. The molecule has 10 heteroatoms. The van der Waals surface area contributed by atoms with E-state index in [1.54, 1.807) is 47.0 Å². The summed E-state index contributed by atoms with van der Waals surface area (Å²) in [6, 6.07) is 12.1. The first kappa shape index (κ1) is 23.8. The molecule has 0 fully saturated rings. The Labute approximate surface area is 200 Å². The number of thioether (sulfide) groups is 1. The van der Waals surface area contributed by atoms with Crippen LogP contribution in [0.15, 0.2) is 60.3 Å². The zero-order chi connectivity index (χ0) is 23.1. The van der Waals surface area contributed by atoms with Gasteiger partial charge < -0.3 is 15.2 Å². The fourth-order valence-electron chi connectivity index (χ4n) is 2.81. The molecule has 0 aliphatic rings. The van der Waals surface area contributed by atoms with Gasteiger partial charge in [-0.05, 0) is 36.8 Å². The van der Waals surface area contributed by atoms with Crippen molar-refractivity contribution in [3.8, 4) is 0 Å². The number of nitrogens with one attached hydrogen (secondary N) is 2. The van der Waals surface area contributed by atoms with Crippen molar-refractivity contribution in [2.24, 2.45) is 0 Å². The Kier molecular flexibility index (Phi) is 8.33. The molecule has 0 saturated carbocycles. The van der Waals surface area contributed by atoms with Crippen LogP contribution in [0.5, 0.6) is 0 Å². The van der Waals surface area contributed by atoms with Crippen LogP contribution in [0.3, 0.4) is 0 Å². The van der Waals surface area contributed by atoms with E-state index in [0.717, 1.165) is 5.56 Å². The second-order valence-corrected chi connectivity index (χ2v) is 8.54. The Morgan fingerprint density at radius 3 is 2.72 bits per heavy atom. The minimum absolute atomic E-state index is 0.132. The summed E-state index contributed by atoms with van der Waals surface area (Å²) >= 11 is 13.3. The van der Waals surface area contributed by atoms with Crippen LogP contribution in [-0.4, -0.2) is 32.3 Å². The second-order valence-electron chi connectivity index (χ2n) is 6.76. The van der Waals surface area contributed by atoms with Gasteiger partial charge in [-0.3, -0.25) is 9.59 Å². The Morgan fingerprint density at radius 1 is 1.19 bits per heavy atom. The summed E-state index contributed by atoms with van der Waals surface area (Å²) in [6.45, 7) is 6.24. The molecule has 0 saturated heterocycles. The highest BCUT2D eigenvalue weighted by Gasteiger charge is 2.16. The first-order chi connectivity index (χ1) is 15.4. The fourth-order valence-corrected chi connectivity index (χ4v) is 3.97. The van der Waals surface area contributed by atoms with E-state index in [2.05, 4.69) is 27.4 Å². The van der Waals surface area contributed by atoms with Gasteiger partial charge in [0.1, 0.15) is 0 Å². The molecule has 166 valence electrons. The molecule has 0 aliphatic carbocycles. The van der Waals surface area contributed by atoms with Crippen LogP contribution in [0, 0.1) is 6.92 Å². The van der Waals surface area contributed by atoms with Crippen LogP contribution in [0.1, 0.15) is 21.7 Å². The summed E-state index contributed by atoms with van der Waals surface area (Å²) in [5.41, 5.74) is 1.96.